The van der Waals surface area contributed by atoms with Gasteiger partial charge in [0.2, 0.25) is 5.91 Å². The lowest BCUT2D eigenvalue weighted by Crippen LogP contribution is -2.24. The van der Waals surface area contributed by atoms with Gasteiger partial charge < -0.3 is 16.0 Å². The van der Waals surface area contributed by atoms with Gasteiger partial charge in [0.1, 0.15) is 0 Å². The van der Waals surface area contributed by atoms with E-state index in [1.165, 1.54) is 0 Å². The smallest absolute Gasteiger partial charge is 0.222 e. The number of anilines is 1. The number of rotatable bonds is 3. The summed E-state index contributed by atoms with van der Waals surface area (Å²) in [5, 5.41) is 1.08. The van der Waals surface area contributed by atoms with E-state index in [1.54, 1.807) is 0 Å². The first-order valence-electron chi connectivity index (χ1n) is 5.21. The van der Waals surface area contributed by atoms with Crippen LogP contribution in [0.4, 0.5) is 5.69 Å². The topological polar surface area (TPSA) is 74.0 Å². The van der Waals surface area contributed by atoms with Gasteiger partial charge in [-0.2, -0.15) is 0 Å². The number of benzene rings is 1. The van der Waals surface area contributed by atoms with Gasteiger partial charge in [-0.15, -0.1) is 0 Å². The van der Waals surface area contributed by atoms with Gasteiger partial charge in [0, 0.05) is 29.3 Å². The van der Waals surface area contributed by atoms with Crippen molar-refractivity contribution < 1.29 is 4.79 Å². The van der Waals surface area contributed by atoms with E-state index in [9.17, 15) is 4.79 Å². The zero-order valence-corrected chi connectivity index (χ0v) is 9.18. The van der Waals surface area contributed by atoms with Gasteiger partial charge in [0.25, 0.3) is 0 Å². The monoisotopic (exact) mass is 217 g/mol. The fourth-order valence-corrected chi connectivity index (χ4v) is 1.76. The van der Waals surface area contributed by atoms with Crippen LogP contribution in [0, 0.1) is 5.92 Å². The minimum absolute atomic E-state index is 0.173. The van der Waals surface area contributed by atoms with Crippen molar-refractivity contribution in [2.45, 2.75) is 13.5 Å². The van der Waals surface area contributed by atoms with Gasteiger partial charge >= 0.3 is 0 Å². The lowest BCUT2D eigenvalue weighted by molar-refractivity contribution is -0.121. The fourth-order valence-electron chi connectivity index (χ4n) is 1.76. The minimum atomic E-state index is -0.280. The van der Waals surface area contributed by atoms with Crippen LogP contribution in [0.3, 0.4) is 0 Å². The Balaban J connectivity index is 2.35. The Hall–Kier alpha value is -1.97. The summed E-state index contributed by atoms with van der Waals surface area (Å²) in [6.07, 6.45) is 1.95. The van der Waals surface area contributed by atoms with E-state index < -0.39 is 0 Å². The molecule has 1 unspecified atom stereocenters. The summed E-state index contributed by atoms with van der Waals surface area (Å²) in [5.41, 5.74) is 12.8. The molecule has 1 aromatic carbocycles. The first kappa shape index (κ1) is 10.5. The van der Waals surface area contributed by atoms with E-state index in [0.29, 0.717) is 6.54 Å². The van der Waals surface area contributed by atoms with Crippen molar-refractivity contribution >= 4 is 22.5 Å². The van der Waals surface area contributed by atoms with Crippen LogP contribution in [0.25, 0.3) is 10.9 Å². The van der Waals surface area contributed by atoms with Gasteiger partial charge in [-0.1, -0.05) is 6.92 Å². The molecule has 1 heterocycles. The molecule has 0 fully saturated rings. The maximum atomic E-state index is 11.0. The van der Waals surface area contributed by atoms with Crippen molar-refractivity contribution in [1.29, 1.82) is 0 Å². The molecule has 0 spiro atoms. The van der Waals surface area contributed by atoms with Crippen LogP contribution in [-0.2, 0) is 11.3 Å². The SMILES string of the molecule is CC(Cn1ccc2cc(N)ccc21)C(N)=O. The molecule has 1 amide bonds. The molecule has 1 aromatic heterocycles. The molecule has 0 aliphatic carbocycles. The second-order valence-electron chi connectivity index (χ2n) is 4.09. The van der Waals surface area contributed by atoms with Crippen molar-refractivity contribution in [3.8, 4) is 0 Å². The summed E-state index contributed by atoms with van der Waals surface area (Å²) in [7, 11) is 0. The van der Waals surface area contributed by atoms with Gasteiger partial charge in [0.15, 0.2) is 0 Å². The molecule has 1 atom stereocenters. The number of hydrogen-bond acceptors (Lipinski definition) is 2. The Labute approximate surface area is 93.8 Å². The van der Waals surface area contributed by atoms with Gasteiger partial charge in [-0.05, 0) is 24.3 Å². The summed E-state index contributed by atoms with van der Waals surface area (Å²) in [5.74, 6) is -0.453. The molecule has 0 radical (unpaired) electrons. The van der Waals surface area contributed by atoms with Crippen LogP contribution in [0.5, 0.6) is 0 Å². The lowest BCUT2D eigenvalue weighted by atomic mass is 10.1. The Morgan fingerprint density at radius 3 is 2.88 bits per heavy atom. The number of fused-ring (bicyclic) bond motifs is 1. The fraction of sp³-hybridized carbons (Fsp3) is 0.250. The number of carbonyl (C=O) groups is 1. The van der Waals surface area contributed by atoms with Crippen molar-refractivity contribution in [2.75, 3.05) is 5.73 Å². The van der Waals surface area contributed by atoms with Crippen LogP contribution in [0.1, 0.15) is 6.92 Å². The number of nitrogens with zero attached hydrogens (tertiary/aromatic N) is 1. The highest BCUT2D eigenvalue weighted by molar-refractivity contribution is 5.83. The number of primary amides is 1. The highest BCUT2D eigenvalue weighted by Crippen LogP contribution is 2.19. The van der Waals surface area contributed by atoms with E-state index in [0.717, 1.165) is 16.6 Å². The summed E-state index contributed by atoms with van der Waals surface area (Å²) in [4.78, 5) is 11.0. The third-order valence-electron chi connectivity index (χ3n) is 2.75. The van der Waals surface area contributed by atoms with Gasteiger partial charge in [-0.25, -0.2) is 0 Å². The molecule has 0 aliphatic rings. The van der Waals surface area contributed by atoms with Crippen LogP contribution >= 0.6 is 0 Å². The second kappa shape index (κ2) is 3.89. The number of carbonyl (C=O) groups excluding carboxylic acids is 1. The Morgan fingerprint density at radius 2 is 2.19 bits per heavy atom. The largest absolute Gasteiger partial charge is 0.399 e. The summed E-state index contributed by atoms with van der Waals surface area (Å²) in [6.45, 7) is 2.42. The molecule has 4 heteroatoms. The second-order valence-corrected chi connectivity index (χ2v) is 4.09. The van der Waals surface area contributed by atoms with E-state index in [1.807, 2.05) is 42.0 Å². The molecular weight excluding hydrogens is 202 g/mol. The zero-order chi connectivity index (χ0) is 11.7. The Morgan fingerprint density at radius 1 is 1.44 bits per heavy atom. The normalized spacial score (nSPS) is 12.8. The third-order valence-corrected chi connectivity index (χ3v) is 2.75. The van der Waals surface area contributed by atoms with Crippen LogP contribution in [0.2, 0.25) is 0 Å². The number of amides is 1. The molecule has 84 valence electrons. The van der Waals surface area contributed by atoms with Crippen molar-refractivity contribution in [3.05, 3.63) is 30.5 Å². The Bertz CT molecular complexity index is 530. The van der Waals surface area contributed by atoms with E-state index >= 15 is 0 Å². The molecule has 2 aromatic rings. The zero-order valence-electron chi connectivity index (χ0n) is 9.18. The average Bonchev–Trinajstić information content (AvgIpc) is 2.60. The minimum Gasteiger partial charge on any atom is -0.399 e. The van der Waals surface area contributed by atoms with Gasteiger partial charge in [0.05, 0.1) is 5.92 Å². The molecule has 0 bridgehead atoms. The molecule has 0 saturated heterocycles. The number of nitrogens with two attached hydrogens (primary N) is 2. The molecule has 2 rings (SSSR count). The van der Waals surface area contributed by atoms with Crippen LogP contribution in [0.15, 0.2) is 30.5 Å². The maximum Gasteiger partial charge on any atom is 0.222 e. The third kappa shape index (κ3) is 1.86. The molecular formula is C12H15N3O. The van der Waals surface area contributed by atoms with E-state index in [2.05, 4.69) is 0 Å². The first-order valence-corrected chi connectivity index (χ1v) is 5.21. The van der Waals surface area contributed by atoms with E-state index in [4.69, 9.17) is 11.5 Å². The summed E-state index contributed by atoms with van der Waals surface area (Å²) < 4.78 is 2.02. The molecule has 4 N–H and O–H groups in total. The van der Waals surface area contributed by atoms with Crippen molar-refractivity contribution in [2.24, 2.45) is 11.7 Å². The molecule has 0 aliphatic heterocycles. The number of hydrogen-bond donors (Lipinski definition) is 2. The molecule has 0 saturated carbocycles. The maximum absolute atomic E-state index is 11.0. The highest BCUT2D eigenvalue weighted by Gasteiger charge is 2.10. The van der Waals surface area contributed by atoms with Crippen molar-refractivity contribution in [1.82, 2.24) is 4.57 Å². The predicted molar refractivity (Wildman–Crippen MR) is 64.7 cm³/mol. The lowest BCUT2D eigenvalue weighted by Gasteiger charge is -2.09. The van der Waals surface area contributed by atoms with Crippen LogP contribution in [-0.4, -0.2) is 10.5 Å². The van der Waals surface area contributed by atoms with E-state index in [-0.39, 0.29) is 11.8 Å². The number of nitrogen functional groups attached to an aromatic ring is 1. The molecule has 16 heavy (non-hydrogen) atoms. The average molecular weight is 217 g/mol. The Kier molecular flexibility index (Phi) is 2.56. The predicted octanol–water partition coefficient (Wildman–Crippen LogP) is 1.34. The molecule has 4 nitrogen and oxygen atoms in total. The van der Waals surface area contributed by atoms with Gasteiger partial charge in [-0.3, -0.25) is 4.79 Å². The summed E-state index contributed by atoms with van der Waals surface area (Å²) in [6, 6.07) is 7.71. The standard InChI is InChI=1S/C12H15N3O/c1-8(12(14)16)7-15-5-4-9-6-10(13)2-3-11(9)15/h2-6,8H,7,13H2,1H3,(H2,14,16). The number of aromatic nitrogens is 1. The quantitative estimate of drug-likeness (QED) is 0.761. The highest BCUT2D eigenvalue weighted by atomic mass is 16.1. The first-order chi connectivity index (χ1) is 7.58. The summed E-state index contributed by atoms with van der Waals surface area (Å²) >= 11 is 0. The van der Waals surface area contributed by atoms with Crippen molar-refractivity contribution in [3.63, 3.8) is 0 Å². The van der Waals surface area contributed by atoms with Crippen LogP contribution < -0.4 is 11.5 Å².